The molecule has 0 aliphatic carbocycles. The third-order valence-corrected chi connectivity index (χ3v) is 2.80. The van der Waals surface area contributed by atoms with Gasteiger partial charge in [-0.3, -0.25) is 0 Å². The number of rotatable bonds is 4. The van der Waals surface area contributed by atoms with Crippen molar-refractivity contribution in [2.24, 2.45) is 0 Å². The Bertz CT molecular complexity index is 133. The standard InChI is InChI=1S/C10H22N2O/c1-9(5-8-13)11-10-3-6-12(2)7-4-10/h9-11,13H,3-8H2,1-2H3. The van der Waals surface area contributed by atoms with Gasteiger partial charge in [-0.25, -0.2) is 0 Å². The van der Waals surface area contributed by atoms with E-state index in [9.17, 15) is 0 Å². The molecular weight excluding hydrogens is 164 g/mol. The van der Waals surface area contributed by atoms with Crippen LogP contribution in [0.3, 0.4) is 0 Å². The summed E-state index contributed by atoms with van der Waals surface area (Å²) in [7, 11) is 2.17. The van der Waals surface area contributed by atoms with Crippen molar-refractivity contribution >= 4 is 0 Å². The molecule has 0 aromatic rings. The first-order valence-corrected chi connectivity index (χ1v) is 5.28. The molecule has 1 atom stereocenters. The van der Waals surface area contributed by atoms with Crippen molar-refractivity contribution in [1.82, 2.24) is 10.2 Å². The van der Waals surface area contributed by atoms with E-state index in [0.717, 1.165) is 6.42 Å². The maximum atomic E-state index is 8.76. The average molecular weight is 186 g/mol. The van der Waals surface area contributed by atoms with Gasteiger partial charge in [0.15, 0.2) is 0 Å². The van der Waals surface area contributed by atoms with Crippen LogP contribution in [0.1, 0.15) is 26.2 Å². The molecule has 1 saturated heterocycles. The summed E-state index contributed by atoms with van der Waals surface area (Å²) in [6, 6.07) is 1.12. The molecule has 1 heterocycles. The van der Waals surface area contributed by atoms with Gasteiger partial charge in [0.05, 0.1) is 0 Å². The minimum Gasteiger partial charge on any atom is -0.396 e. The second-order valence-corrected chi connectivity index (χ2v) is 4.16. The second kappa shape index (κ2) is 5.58. The Kier molecular flexibility index (Phi) is 4.70. The van der Waals surface area contributed by atoms with Gasteiger partial charge in [-0.05, 0) is 46.3 Å². The summed E-state index contributed by atoms with van der Waals surface area (Å²) in [5, 5.41) is 12.3. The van der Waals surface area contributed by atoms with E-state index in [1.165, 1.54) is 25.9 Å². The predicted molar refractivity (Wildman–Crippen MR) is 54.8 cm³/mol. The van der Waals surface area contributed by atoms with E-state index in [1.807, 2.05) is 0 Å². The zero-order valence-electron chi connectivity index (χ0n) is 8.79. The van der Waals surface area contributed by atoms with Crippen molar-refractivity contribution < 1.29 is 5.11 Å². The number of nitrogens with one attached hydrogen (secondary N) is 1. The monoisotopic (exact) mass is 186 g/mol. The van der Waals surface area contributed by atoms with Gasteiger partial charge in [-0.1, -0.05) is 0 Å². The molecule has 2 N–H and O–H groups in total. The molecule has 78 valence electrons. The smallest absolute Gasteiger partial charge is 0.0445 e. The van der Waals surface area contributed by atoms with Crippen LogP contribution in [0.25, 0.3) is 0 Å². The van der Waals surface area contributed by atoms with Crippen LogP contribution in [0.15, 0.2) is 0 Å². The van der Waals surface area contributed by atoms with E-state index in [-0.39, 0.29) is 0 Å². The third kappa shape index (κ3) is 4.07. The molecule has 1 aliphatic rings. The molecular formula is C10H22N2O. The molecule has 0 amide bonds. The molecule has 13 heavy (non-hydrogen) atoms. The van der Waals surface area contributed by atoms with Gasteiger partial charge in [0.25, 0.3) is 0 Å². The fourth-order valence-electron chi connectivity index (χ4n) is 1.85. The quantitative estimate of drug-likeness (QED) is 0.669. The summed E-state index contributed by atoms with van der Waals surface area (Å²) >= 11 is 0. The lowest BCUT2D eigenvalue weighted by Gasteiger charge is -2.31. The molecule has 3 heteroatoms. The van der Waals surface area contributed by atoms with Crippen LogP contribution in [-0.2, 0) is 0 Å². The Hall–Kier alpha value is -0.120. The average Bonchev–Trinajstić information content (AvgIpc) is 2.09. The lowest BCUT2D eigenvalue weighted by atomic mass is 10.0. The highest BCUT2D eigenvalue weighted by Crippen LogP contribution is 2.09. The summed E-state index contributed by atoms with van der Waals surface area (Å²) in [4.78, 5) is 2.37. The number of likely N-dealkylation sites (tertiary alicyclic amines) is 1. The summed E-state index contributed by atoms with van der Waals surface area (Å²) < 4.78 is 0. The highest BCUT2D eigenvalue weighted by atomic mass is 16.3. The largest absolute Gasteiger partial charge is 0.396 e. The van der Waals surface area contributed by atoms with E-state index >= 15 is 0 Å². The molecule has 0 saturated carbocycles. The first-order valence-electron chi connectivity index (χ1n) is 5.28. The van der Waals surface area contributed by atoms with Gasteiger partial charge in [0, 0.05) is 18.7 Å². The Labute approximate surface area is 81.1 Å². The molecule has 0 radical (unpaired) electrons. The van der Waals surface area contributed by atoms with Crippen LogP contribution in [0, 0.1) is 0 Å². The first-order chi connectivity index (χ1) is 6.22. The maximum absolute atomic E-state index is 8.76. The maximum Gasteiger partial charge on any atom is 0.0445 e. The number of piperidine rings is 1. The molecule has 1 unspecified atom stereocenters. The van der Waals surface area contributed by atoms with Crippen LogP contribution in [0.5, 0.6) is 0 Å². The lowest BCUT2D eigenvalue weighted by Crippen LogP contribution is -2.44. The third-order valence-electron chi connectivity index (χ3n) is 2.80. The number of hydrogen-bond donors (Lipinski definition) is 2. The van der Waals surface area contributed by atoms with E-state index in [2.05, 4.69) is 24.2 Å². The highest BCUT2D eigenvalue weighted by Gasteiger charge is 2.17. The van der Waals surface area contributed by atoms with Gasteiger partial charge in [0.2, 0.25) is 0 Å². The van der Waals surface area contributed by atoms with Gasteiger partial charge >= 0.3 is 0 Å². The topological polar surface area (TPSA) is 35.5 Å². The summed E-state index contributed by atoms with van der Waals surface area (Å²) in [5.41, 5.74) is 0. The minimum absolute atomic E-state index is 0.292. The zero-order chi connectivity index (χ0) is 9.68. The van der Waals surface area contributed by atoms with Crippen molar-refractivity contribution in [3.63, 3.8) is 0 Å². The first kappa shape index (κ1) is 11.0. The Balaban J connectivity index is 2.14. The number of aliphatic hydroxyl groups is 1. The summed E-state index contributed by atoms with van der Waals surface area (Å²) in [5.74, 6) is 0. The van der Waals surface area contributed by atoms with Crippen molar-refractivity contribution in [1.29, 1.82) is 0 Å². The van der Waals surface area contributed by atoms with Crippen LogP contribution in [-0.4, -0.2) is 48.8 Å². The Morgan fingerprint density at radius 2 is 2.08 bits per heavy atom. The van der Waals surface area contributed by atoms with Gasteiger partial charge in [-0.15, -0.1) is 0 Å². The molecule has 0 aromatic heterocycles. The van der Waals surface area contributed by atoms with Crippen molar-refractivity contribution in [2.45, 2.75) is 38.3 Å². The molecule has 1 aliphatic heterocycles. The minimum atomic E-state index is 0.292. The predicted octanol–water partition coefficient (Wildman–Crippen LogP) is 0.441. The molecule has 1 fully saturated rings. The van der Waals surface area contributed by atoms with Gasteiger partial charge in [-0.2, -0.15) is 0 Å². The Morgan fingerprint density at radius 3 is 2.62 bits per heavy atom. The fraction of sp³-hybridized carbons (Fsp3) is 1.00. The van der Waals surface area contributed by atoms with Crippen molar-refractivity contribution in [3.05, 3.63) is 0 Å². The number of nitrogens with zero attached hydrogens (tertiary/aromatic N) is 1. The van der Waals surface area contributed by atoms with Gasteiger partial charge < -0.3 is 15.3 Å². The molecule has 3 nitrogen and oxygen atoms in total. The fourth-order valence-corrected chi connectivity index (χ4v) is 1.85. The summed E-state index contributed by atoms with van der Waals surface area (Å²) in [6.07, 6.45) is 3.35. The van der Waals surface area contributed by atoms with Crippen LogP contribution in [0.4, 0.5) is 0 Å². The lowest BCUT2D eigenvalue weighted by molar-refractivity contribution is 0.212. The molecule has 0 spiro atoms. The van der Waals surface area contributed by atoms with Crippen molar-refractivity contribution in [2.75, 3.05) is 26.7 Å². The van der Waals surface area contributed by atoms with E-state index in [4.69, 9.17) is 5.11 Å². The molecule has 0 bridgehead atoms. The molecule has 0 aromatic carbocycles. The summed E-state index contributed by atoms with van der Waals surface area (Å²) in [6.45, 7) is 4.84. The van der Waals surface area contributed by atoms with E-state index in [1.54, 1.807) is 0 Å². The zero-order valence-corrected chi connectivity index (χ0v) is 8.79. The normalized spacial score (nSPS) is 23.3. The molecule has 1 rings (SSSR count). The SMILES string of the molecule is CC(CCO)NC1CCN(C)CC1. The highest BCUT2D eigenvalue weighted by molar-refractivity contribution is 4.77. The van der Waals surface area contributed by atoms with Gasteiger partial charge in [0.1, 0.15) is 0 Å². The van der Waals surface area contributed by atoms with Crippen molar-refractivity contribution in [3.8, 4) is 0 Å². The number of aliphatic hydroxyl groups excluding tert-OH is 1. The van der Waals surface area contributed by atoms with Crippen LogP contribution >= 0.6 is 0 Å². The van der Waals surface area contributed by atoms with Crippen LogP contribution in [0.2, 0.25) is 0 Å². The second-order valence-electron chi connectivity index (χ2n) is 4.16. The van der Waals surface area contributed by atoms with E-state index < -0.39 is 0 Å². The number of hydrogen-bond acceptors (Lipinski definition) is 3. The van der Waals surface area contributed by atoms with Crippen LogP contribution < -0.4 is 5.32 Å². The van der Waals surface area contributed by atoms with E-state index in [0.29, 0.717) is 18.7 Å². The Morgan fingerprint density at radius 1 is 1.46 bits per heavy atom.